The Balaban J connectivity index is 1.93. The van der Waals surface area contributed by atoms with E-state index in [-0.39, 0.29) is 5.91 Å². The van der Waals surface area contributed by atoms with Crippen molar-refractivity contribution >= 4 is 11.6 Å². The lowest BCUT2D eigenvalue weighted by atomic mass is 9.79. The Morgan fingerprint density at radius 1 is 1.23 bits per heavy atom. The van der Waals surface area contributed by atoms with Crippen LogP contribution in [0.4, 0.5) is 5.69 Å². The number of carbonyl (C=O) groups excluding carboxylic acids is 1. The van der Waals surface area contributed by atoms with Crippen molar-refractivity contribution in [3.05, 3.63) is 29.8 Å². The Hall–Kier alpha value is -1.39. The average Bonchev–Trinajstić information content (AvgIpc) is 2.57. The Morgan fingerprint density at radius 2 is 1.91 bits per heavy atom. The second-order valence-electron chi connectivity index (χ2n) is 6.20. The van der Waals surface area contributed by atoms with E-state index in [4.69, 9.17) is 10.5 Å². The van der Waals surface area contributed by atoms with Crippen LogP contribution in [-0.4, -0.2) is 25.7 Å². The molecule has 2 rings (SSSR count). The largest absolute Gasteiger partial charge is 0.381 e. The minimum Gasteiger partial charge on any atom is -0.381 e. The molecule has 122 valence electrons. The van der Waals surface area contributed by atoms with Crippen molar-refractivity contribution in [3.8, 4) is 0 Å². The number of anilines is 1. The van der Waals surface area contributed by atoms with Gasteiger partial charge in [-0.15, -0.1) is 0 Å². The molecule has 1 heterocycles. The number of unbranched alkanes of at least 4 members (excludes halogenated alkanes) is 2. The first-order valence-electron chi connectivity index (χ1n) is 8.38. The van der Waals surface area contributed by atoms with Gasteiger partial charge in [0.25, 0.3) is 0 Å². The molecule has 1 fully saturated rings. The number of hydrogen-bond donors (Lipinski definition) is 2. The summed E-state index contributed by atoms with van der Waals surface area (Å²) in [6.07, 6.45) is 6.22. The molecule has 1 aromatic rings. The fraction of sp³-hybridized carbons (Fsp3) is 0.611. The van der Waals surface area contributed by atoms with E-state index in [9.17, 15) is 4.79 Å². The first-order valence-corrected chi connectivity index (χ1v) is 8.38. The zero-order valence-electron chi connectivity index (χ0n) is 13.6. The van der Waals surface area contributed by atoms with Gasteiger partial charge in [-0.3, -0.25) is 4.79 Å². The fourth-order valence-electron chi connectivity index (χ4n) is 2.88. The maximum Gasteiger partial charge on any atom is 0.232 e. The van der Waals surface area contributed by atoms with Gasteiger partial charge >= 0.3 is 0 Å². The maximum atomic E-state index is 12.6. The number of nitrogens with one attached hydrogen (secondary N) is 1. The van der Waals surface area contributed by atoms with Crippen molar-refractivity contribution in [1.82, 2.24) is 0 Å². The average molecular weight is 304 g/mol. The highest BCUT2D eigenvalue weighted by Gasteiger charge is 2.38. The molecule has 0 unspecified atom stereocenters. The normalized spacial score (nSPS) is 17.2. The Labute approximate surface area is 133 Å². The molecule has 22 heavy (non-hydrogen) atoms. The zero-order chi connectivity index (χ0) is 15.8. The summed E-state index contributed by atoms with van der Waals surface area (Å²) in [6.45, 7) is 3.81. The molecular formula is C18H28N2O2. The molecule has 1 amide bonds. The SMILES string of the molecule is CCCCCc1ccc(NC(=O)C2(CN)CCOCC2)cc1. The standard InChI is InChI=1S/C18H28N2O2/c1-2-3-4-5-15-6-8-16(9-7-15)20-17(21)18(14-19)10-12-22-13-11-18/h6-9H,2-5,10-14,19H2,1H3,(H,20,21). The van der Waals surface area contributed by atoms with Crippen molar-refractivity contribution in [2.75, 3.05) is 25.1 Å². The minimum absolute atomic E-state index is 0.0250. The summed E-state index contributed by atoms with van der Waals surface area (Å²) in [6, 6.07) is 8.18. The van der Waals surface area contributed by atoms with Gasteiger partial charge in [0.05, 0.1) is 5.41 Å². The van der Waals surface area contributed by atoms with E-state index in [1.54, 1.807) is 0 Å². The molecule has 1 aliphatic rings. The lowest BCUT2D eigenvalue weighted by Gasteiger charge is -2.34. The molecule has 0 saturated carbocycles. The van der Waals surface area contributed by atoms with Gasteiger partial charge in [-0.05, 0) is 43.4 Å². The van der Waals surface area contributed by atoms with E-state index >= 15 is 0 Å². The molecule has 1 aliphatic heterocycles. The van der Waals surface area contributed by atoms with Crippen LogP contribution in [0.1, 0.15) is 44.6 Å². The van der Waals surface area contributed by atoms with Crippen molar-refractivity contribution in [3.63, 3.8) is 0 Å². The monoisotopic (exact) mass is 304 g/mol. The van der Waals surface area contributed by atoms with Crippen LogP contribution in [0.2, 0.25) is 0 Å². The van der Waals surface area contributed by atoms with Crippen LogP contribution in [0.3, 0.4) is 0 Å². The quantitative estimate of drug-likeness (QED) is 0.761. The van der Waals surface area contributed by atoms with Crippen LogP contribution in [0.15, 0.2) is 24.3 Å². The third-order valence-corrected chi connectivity index (χ3v) is 4.60. The van der Waals surface area contributed by atoms with Crippen LogP contribution in [0.5, 0.6) is 0 Å². The molecule has 0 atom stereocenters. The van der Waals surface area contributed by atoms with Gasteiger partial charge < -0.3 is 15.8 Å². The smallest absolute Gasteiger partial charge is 0.232 e. The molecule has 3 N–H and O–H groups in total. The number of carbonyl (C=O) groups is 1. The topological polar surface area (TPSA) is 64.4 Å². The summed E-state index contributed by atoms with van der Waals surface area (Å²) in [5, 5.41) is 3.02. The highest BCUT2D eigenvalue weighted by Crippen LogP contribution is 2.31. The number of hydrogen-bond acceptors (Lipinski definition) is 3. The molecule has 0 aliphatic carbocycles. The number of amides is 1. The molecule has 0 radical (unpaired) electrons. The highest BCUT2D eigenvalue weighted by atomic mass is 16.5. The lowest BCUT2D eigenvalue weighted by Crippen LogP contribution is -2.46. The Morgan fingerprint density at radius 3 is 2.50 bits per heavy atom. The summed E-state index contributed by atoms with van der Waals surface area (Å²) >= 11 is 0. The first-order chi connectivity index (χ1) is 10.7. The second-order valence-corrected chi connectivity index (χ2v) is 6.20. The molecule has 0 aromatic heterocycles. The van der Waals surface area contributed by atoms with Crippen molar-refractivity contribution in [2.45, 2.75) is 45.4 Å². The van der Waals surface area contributed by atoms with Crippen molar-refractivity contribution in [2.24, 2.45) is 11.1 Å². The highest BCUT2D eigenvalue weighted by molar-refractivity contribution is 5.95. The van der Waals surface area contributed by atoms with Gasteiger partial charge in [0.15, 0.2) is 0 Å². The fourth-order valence-corrected chi connectivity index (χ4v) is 2.88. The van der Waals surface area contributed by atoms with Crippen LogP contribution < -0.4 is 11.1 Å². The third-order valence-electron chi connectivity index (χ3n) is 4.60. The molecule has 0 bridgehead atoms. The number of nitrogens with two attached hydrogens (primary N) is 1. The summed E-state index contributed by atoms with van der Waals surface area (Å²) in [4.78, 5) is 12.6. The van der Waals surface area contributed by atoms with Gasteiger partial charge in [0.1, 0.15) is 0 Å². The zero-order valence-corrected chi connectivity index (χ0v) is 13.6. The lowest BCUT2D eigenvalue weighted by molar-refractivity contribution is -0.130. The molecule has 4 nitrogen and oxygen atoms in total. The van der Waals surface area contributed by atoms with Gasteiger partial charge in [-0.2, -0.15) is 0 Å². The molecule has 4 heteroatoms. The maximum absolute atomic E-state index is 12.6. The molecule has 1 saturated heterocycles. The van der Waals surface area contributed by atoms with E-state index in [1.165, 1.54) is 24.8 Å². The van der Waals surface area contributed by atoms with E-state index in [0.29, 0.717) is 32.6 Å². The van der Waals surface area contributed by atoms with Crippen LogP contribution in [0, 0.1) is 5.41 Å². The summed E-state index contributed by atoms with van der Waals surface area (Å²) < 4.78 is 5.35. The molecule has 0 spiro atoms. The number of aryl methyl sites for hydroxylation is 1. The summed E-state index contributed by atoms with van der Waals surface area (Å²) in [5.41, 5.74) is 7.57. The minimum atomic E-state index is -0.474. The van der Waals surface area contributed by atoms with Crippen LogP contribution in [0.25, 0.3) is 0 Å². The molecular weight excluding hydrogens is 276 g/mol. The summed E-state index contributed by atoms with van der Waals surface area (Å²) in [7, 11) is 0. The van der Waals surface area contributed by atoms with Crippen molar-refractivity contribution in [1.29, 1.82) is 0 Å². The second kappa shape index (κ2) is 8.30. The number of rotatable bonds is 7. The predicted molar refractivity (Wildman–Crippen MR) is 89.8 cm³/mol. The van der Waals surface area contributed by atoms with Gasteiger partial charge in [0.2, 0.25) is 5.91 Å². The Kier molecular flexibility index (Phi) is 6.40. The van der Waals surface area contributed by atoms with Crippen LogP contribution in [-0.2, 0) is 16.0 Å². The number of ether oxygens (including phenoxy) is 1. The Bertz CT molecular complexity index is 464. The van der Waals surface area contributed by atoms with E-state index in [1.807, 2.05) is 12.1 Å². The van der Waals surface area contributed by atoms with Gasteiger partial charge in [-0.25, -0.2) is 0 Å². The third kappa shape index (κ3) is 4.31. The molecule has 1 aromatic carbocycles. The van der Waals surface area contributed by atoms with Crippen LogP contribution >= 0.6 is 0 Å². The van der Waals surface area contributed by atoms with Crippen molar-refractivity contribution < 1.29 is 9.53 Å². The predicted octanol–water partition coefficient (Wildman–Crippen LogP) is 3.11. The van der Waals surface area contributed by atoms with E-state index in [0.717, 1.165) is 12.1 Å². The van der Waals surface area contributed by atoms with Gasteiger partial charge in [-0.1, -0.05) is 31.9 Å². The number of benzene rings is 1. The van der Waals surface area contributed by atoms with E-state index in [2.05, 4.69) is 24.4 Å². The van der Waals surface area contributed by atoms with E-state index < -0.39 is 5.41 Å². The summed E-state index contributed by atoms with van der Waals surface area (Å²) in [5.74, 6) is 0.0250. The van der Waals surface area contributed by atoms with Gasteiger partial charge in [0, 0.05) is 25.4 Å². The first kappa shape index (κ1) is 17.0.